The number of benzene rings is 1. The summed E-state index contributed by atoms with van der Waals surface area (Å²) in [5.74, 6) is -0.195. The molecule has 6 nitrogen and oxygen atoms in total. The third-order valence-electron chi connectivity index (χ3n) is 2.50. The van der Waals surface area contributed by atoms with Gasteiger partial charge in [0.05, 0.1) is 4.92 Å². The zero-order valence-electron chi connectivity index (χ0n) is 11.4. The number of carbonyl (C=O) groups excluding carboxylic acids is 1. The lowest BCUT2D eigenvalue weighted by atomic mass is 10.2. The molecule has 0 unspecified atom stereocenters. The van der Waals surface area contributed by atoms with Gasteiger partial charge < -0.3 is 10.1 Å². The first-order chi connectivity index (χ1) is 9.63. The topological polar surface area (TPSA) is 81.5 Å². The lowest BCUT2D eigenvalue weighted by Gasteiger charge is -2.02. The highest BCUT2D eigenvalue weighted by Crippen LogP contribution is 2.12. The SMILES string of the molecule is CCOCCCNC(=O)/C=C/c1ccc([N+](=O)[O-])cc1. The third-order valence-corrected chi connectivity index (χ3v) is 2.50. The lowest BCUT2D eigenvalue weighted by molar-refractivity contribution is -0.384. The molecule has 1 aromatic rings. The fourth-order valence-electron chi connectivity index (χ4n) is 1.47. The fraction of sp³-hybridized carbons (Fsp3) is 0.357. The molecule has 0 spiro atoms. The maximum atomic E-state index is 11.5. The van der Waals surface area contributed by atoms with Crippen LogP contribution in [-0.4, -0.2) is 30.6 Å². The highest BCUT2D eigenvalue weighted by molar-refractivity contribution is 5.91. The molecule has 0 saturated heterocycles. The van der Waals surface area contributed by atoms with Gasteiger partial charge in [0.15, 0.2) is 0 Å². The normalized spacial score (nSPS) is 10.7. The van der Waals surface area contributed by atoms with E-state index in [1.165, 1.54) is 18.2 Å². The van der Waals surface area contributed by atoms with Gasteiger partial charge in [0, 0.05) is 38.0 Å². The molecule has 0 fully saturated rings. The second kappa shape index (κ2) is 8.82. The van der Waals surface area contributed by atoms with Crippen LogP contribution in [0.4, 0.5) is 5.69 Å². The van der Waals surface area contributed by atoms with Crippen LogP contribution < -0.4 is 5.32 Å². The maximum absolute atomic E-state index is 11.5. The molecule has 0 heterocycles. The molecule has 0 atom stereocenters. The molecule has 0 bridgehead atoms. The highest BCUT2D eigenvalue weighted by atomic mass is 16.6. The van der Waals surface area contributed by atoms with Crippen LogP contribution in [0.25, 0.3) is 6.08 Å². The number of hydrogen-bond donors (Lipinski definition) is 1. The molecule has 6 heteroatoms. The number of rotatable bonds is 8. The Morgan fingerprint density at radius 1 is 1.40 bits per heavy atom. The summed E-state index contributed by atoms with van der Waals surface area (Å²) in [6, 6.07) is 5.99. The Balaban J connectivity index is 2.35. The van der Waals surface area contributed by atoms with E-state index in [1.54, 1.807) is 18.2 Å². The Morgan fingerprint density at radius 3 is 2.70 bits per heavy atom. The number of nitro benzene ring substituents is 1. The van der Waals surface area contributed by atoms with Crippen LogP contribution in [0.2, 0.25) is 0 Å². The molecule has 20 heavy (non-hydrogen) atoms. The summed E-state index contributed by atoms with van der Waals surface area (Å²) in [7, 11) is 0. The van der Waals surface area contributed by atoms with Gasteiger partial charge >= 0.3 is 0 Å². The molecule has 1 aromatic carbocycles. The van der Waals surface area contributed by atoms with Gasteiger partial charge in [-0.3, -0.25) is 14.9 Å². The average molecular weight is 278 g/mol. The van der Waals surface area contributed by atoms with E-state index in [0.717, 1.165) is 12.0 Å². The van der Waals surface area contributed by atoms with Gasteiger partial charge in [-0.25, -0.2) is 0 Å². The predicted molar refractivity (Wildman–Crippen MR) is 76.3 cm³/mol. The van der Waals surface area contributed by atoms with Gasteiger partial charge in [-0.1, -0.05) is 0 Å². The molecule has 0 aliphatic rings. The van der Waals surface area contributed by atoms with Crippen LogP contribution in [0.3, 0.4) is 0 Å². The van der Waals surface area contributed by atoms with Crippen molar-refractivity contribution >= 4 is 17.7 Å². The van der Waals surface area contributed by atoms with Crippen molar-refractivity contribution in [3.8, 4) is 0 Å². The molecule has 0 radical (unpaired) electrons. The lowest BCUT2D eigenvalue weighted by Crippen LogP contribution is -2.23. The van der Waals surface area contributed by atoms with E-state index in [4.69, 9.17) is 4.74 Å². The molecule has 1 rings (SSSR count). The summed E-state index contributed by atoms with van der Waals surface area (Å²) < 4.78 is 5.15. The van der Waals surface area contributed by atoms with Gasteiger partial charge in [-0.15, -0.1) is 0 Å². The number of ether oxygens (including phenoxy) is 1. The molecule has 1 amide bonds. The van der Waals surface area contributed by atoms with E-state index >= 15 is 0 Å². The summed E-state index contributed by atoms with van der Waals surface area (Å²) in [5, 5.41) is 13.2. The van der Waals surface area contributed by atoms with E-state index in [1.807, 2.05) is 6.92 Å². The largest absolute Gasteiger partial charge is 0.382 e. The summed E-state index contributed by atoms with van der Waals surface area (Å²) in [6.07, 6.45) is 3.79. The number of amides is 1. The Bertz CT molecular complexity index is 469. The summed E-state index contributed by atoms with van der Waals surface area (Å²) >= 11 is 0. The minimum Gasteiger partial charge on any atom is -0.382 e. The first-order valence-corrected chi connectivity index (χ1v) is 6.41. The van der Waals surface area contributed by atoms with Gasteiger partial charge in [0.1, 0.15) is 0 Å². The number of hydrogen-bond acceptors (Lipinski definition) is 4. The Labute approximate surface area is 117 Å². The summed E-state index contributed by atoms with van der Waals surface area (Å²) in [4.78, 5) is 21.5. The molecule has 0 saturated carbocycles. The number of non-ortho nitro benzene ring substituents is 1. The fourth-order valence-corrected chi connectivity index (χ4v) is 1.47. The van der Waals surface area contributed by atoms with Crippen molar-refractivity contribution in [3.05, 3.63) is 46.0 Å². The molecular formula is C14H18N2O4. The smallest absolute Gasteiger partial charge is 0.269 e. The number of carbonyl (C=O) groups is 1. The predicted octanol–water partition coefficient (Wildman–Crippen LogP) is 2.15. The standard InChI is InChI=1S/C14H18N2O4/c1-2-20-11-3-10-15-14(17)9-6-12-4-7-13(8-5-12)16(18)19/h4-9H,2-3,10-11H2,1H3,(H,15,17)/b9-6+. The van der Waals surface area contributed by atoms with Crippen molar-refractivity contribution < 1.29 is 14.5 Å². The van der Waals surface area contributed by atoms with Crippen LogP contribution in [-0.2, 0) is 9.53 Å². The van der Waals surface area contributed by atoms with Gasteiger partial charge in [0.2, 0.25) is 5.91 Å². The zero-order valence-corrected chi connectivity index (χ0v) is 11.4. The number of nitrogens with one attached hydrogen (secondary N) is 1. The molecule has 108 valence electrons. The zero-order chi connectivity index (χ0) is 14.8. The van der Waals surface area contributed by atoms with Crippen molar-refractivity contribution in [3.63, 3.8) is 0 Å². The minimum atomic E-state index is -0.460. The molecule has 1 N–H and O–H groups in total. The first-order valence-electron chi connectivity index (χ1n) is 6.41. The van der Waals surface area contributed by atoms with Crippen molar-refractivity contribution in [1.82, 2.24) is 5.32 Å². The van der Waals surface area contributed by atoms with Crippen molar-refractivity contribution in [2.45, 2.75) is 13.3 Å². The molecular weight excluding hydrogens is 260 g/mol. The number of nitro groups is 1. The Kier molecular flexibility index (Phi) is 6.99. The van der Waals surface area contributed by atoms with Gasteiger partial charge in [0.25, 0.3) is 5.69 Å². The third kappa shape index (κ3) is 6.10. The van der Waals surface area contributed by atoms with E-state index in [9.17, 15) is 14.9 Å². The van der Waals surface area contributed by atoms with Crippen LogP contribution >= 0.6 is 0 Å². The van der Waals surface area contributed by atoms with E-state index in [0.29, 0.717) is 19.8 Å². The van der Waals surface area contributed by atoms with Crippen molar-refractivity contribution in [1.29, 1.82) is 0 Å². The maximum Gasteiger partial charge on any atom is 0.269 e. The van der Waals surface area contributed by atoms with Crippen LogP contribution in [0.5, 0.6) is 0 Å². The van der Waals surface area contributed by atoms with E-state index in [-0.39, 0.29) is 11.6 Å². The Morgan fingerprint density at radius 2 is 2.10 bits per heavy atom. The van der Waals surface area contributed by atoms with Crippen LogP contribution in [0.15, 0.2) is 30.3 Å². The monoisotopic (exact) mass is 278 g/mol. The average Bonchev–Trinajstić information content (AvgIpc) is 2.45. The highest BCUT2D eigenvalue weighted by Gasteiger charge is 2.02. The molecule has 0 aliphatic carbocycles. The van der Waals surface area contributed by atoms with Crippen LogP contribution in [0.1, 0.15) is 18.9 Å². The Hall–Kier alpha value is -2.21. The van der Waals surface area contributed by atoms with Gasteiger partial charge in [-0.2, -0.15) is 0 Å². The summed E-state index contributed by atoms with van der Waals surface area (Å²) in [5.41, 5.74) is 0.766. The number of nitrogens with zero attached hydrogens (tertiary/aromatic N) is 1. The molecule has 0 aromatic heterocycles. The second-order valence-corrected chi connectivity index (χ2v) is 4.02. The quantitative estimate of drug-likeness (QED) is 0.342. The van der Waals surface area contributed by atoms with Gasteiger partial charge in [-0.05, 0) is 37.1 Å². The van der Waals surface area contributed by atoms with E-state index < -0.39 is 4.92 Å². The minimum absolute atomic E-state index is 0.0301. The summed E-state index contributed by atoms with van der Waals surface area (Å²) in [6.45, 7) is 3.78. The second-order valence-electron chi connectivity index (χ2n) is 4.02. The first kappa shape index (κ1) is 15.8. The van der Waals surface area contributed by atoms with Crippen LogP contribution in [0, 0.1) is 10.1 Å². The van der Waals surface area contributed by atoms with E-state index in [2.05, 4.69) is 5.32 Å². The van der Waals surface area contributed by atoms with Crippen molar-refractivity contribution in [2.75, 3.05) is 19.8 Å². The van der Waals surface area contributed by atoms with Crippen molar-refractivity contribution in [2.24, 2.45) is 0 Å². The molecule has 0 aliphatic heterocycles.